The molecule has 8 nitrogen and oxygen atoms in total. The number of hydrogen-bond acceptors (Lipinski definition) is 5. The molecule has 9 heteroatoms. The third kappa shape index (κ3) is 4.64. The molecule has 0 unspecified atom stereocenters. The summed E-state index contributed by atoms with van der Waals surface area (Å²) >= 11 is 0. The zero-order valence-corrected chi connectivity index (χ0v) is 13.5. The number of amides is 2. The van der Waals surface area contributed by atoms with Crippen molar-refractivity contribution in [2.75, 3.05) is 39.8 Å². The van der Waals surface area contributed by atoms with E-state index in [9.17, 15) is 19.7 Å². The number of piperazine rings is 1. The fourth-order valence-corrected chi connectivity index (χ4v) is 2.33. The summed E-state index contributed by atoms with van der Waals surface area (Å²) in [7, 11) is 1.71. The lowest BCUT2D eigenvalue weighted by atomic mass is 10.1. The molecule has 1 aromatic carbocycles. The topological polar surface area (TPSA) is 95.8 Å². The molecule has 2 amide bonds. The van der Waals surface area contributed by atoms with Crippen molar-refractivity contribution in [1.82, 2.24) is 15.1 Å². The molecule has 0 spiro atoms. The molecular formula is C14H19ClN4O4. The Labute approximate surface area is 140 Å². The second-order valence-corrected chi connectivity index (χ2v) is 5.01. The summed E-state index contributed by atoms with van der Waals surface area (Å²) in [6, 6.07) is 5.55. The fraction of sp³-hybridized carbons (Fsp3) is 0.429. The predicted octanol–water partition coefficient (Wildman–Crippen LogP) is 0.520. The molecule has 1 aliphatic heterocycles. The van der Waals surface area contributed by atoms with Crippen molar-refractivity contribution in [1.29, 1.82) is 0 Å². The maximum absolute atomic E-state index is 12.3. The quantitative estimate of drug-likeness (QED) is 0.635. The third-order valence-corrected chi connectivity index (χ3v) is 3.57. The molecule has 1 aliphatic rings. The van der Waals surface area contributed by atoms with Crippen molar-refractivity contribution in [2.24, 2.45) is 0 Å². The van der Waals surface area contributed by atoms with Crippen LogP contribution in [0.1, 0.15) is 10.4 Å². The van der Waals surface area contributed by atoms with E-state index in [1.54, 1.807) is 16.8 Å². The van der Waals surface area contributed by atoms with Crippen LogP contribution in [0.15, 0.2) is 24.3 Å². The highest BCUT2D eigenvalue weighted by atomic mass is 35.5. The van der Waals surface area contributed by atoms with E-state index in [1.807, 2.05) is 0 Å². The zero-order chi connectivity index (χ0) is 16.1. The number of carbonyl (C=O) groups excluding carboxylic acids is 2. The lowest BCUT2D eigenvalue weighted by Crippen LogP contribution is -2.52. The van der Waals surface area contributed by atoms with Crippen LogP contribution in [0.5, 0.6) is 0 Å². The van der Waals surface area contributed by atoms with E-state index in [0.29, 0.717) is 31.7 Å². The second kappa shape index (κ2) is 8.44. The number of non-ortho nitro benzene ring substituents is 1. The largest absolute Gasteiger partial charge is 0.338 e. The van der Waals surface area contributed by atoms with Crippen molar-refractivity contribution in [3.05, 3.63) is 39.9 Å². The first kappa shape index (κ1) is 18.9. The summed E-state index contributed by atoms with van der Waals surface area (Å²) in [6.07, 6.45) is 0. The van der Waals surface area contributed by atoms with Crippen LogP contribution >= 0.6 is 12.4 Å². The average molecular weight is 343 g/mol. The van der Waals surface area contributed by atoms with Gasteiger partial charge in [0.15, 0.2) is 0 Å². The number of nitro benzene ring substituents is 1. The van der Waals surface area contributed by atoms with E-state index in [0.717, 1.165) is 0 Å². The van der Waals surface area contributed by atoms with Crippen LogP contribution in [-0.2, 0) is 4.79 Å². The highest BCUT2D eigenvalue weighted by Crippen LogP contribution is 2.14. The van der Waals surface area contributed by atoms with E-state index in [2.05, 4.69) is 5.32 Å². The molecule has 0 aliphatic carbocycles. The number of benzene rings is 1. The Morgan fingerprint density at radius 3 is 2.13 bits per heavy atom. The fourth-order valence-electron chi connectivity index (χ4n) is 2.33. The minimum atomic E-state index is -0.500. The van der Waals surface area contributed by atoms with Gasteiger partial charge in [0.2, 0.25) is 5.91 Å². The standard InChI is InChI=1S/C14H18N4O4.ClH/c1-15-10-13(19)16-6-8-17(9-7-16)14(20)11-2-4-12(5-3-11)18(21)22;/h2-5,15H,6-10H2,1H3;1H. The Kier molecular flexibility index (Phi) is 6.92. The maximum atomic E-state index is 12.3. The SMILES string of the molecule is CNCC(=O)N1CCN(C(=O)c2ccc([N+](=O)[O-])cc2)CC1.Cl. The van der Waals surface area contributed by atoms with Crippen LogP contribution < -0.4 is 5.32 Å². The second-order valence-electron chi connectivity index (χ2n) is 5.01. The number of nitrogens with one attached hydrogen (secondary N) is 1. The van der Waals surface area contributed by atoms with Crippen molar-refractivity contribution in [3.8, 4) is 0 Å². The van der Waals surface area contributed by atoms with Crippen molar-refractivity contribution >= 4 is 29.9 Å². The number of rotatable bonds is 4. The first-order chi connectivity index (χ1) is 10.5. The number of likely N-dealkylation sites (N-methyl/N-ethyl adjacent to an activating group) is 1. The van der Waals surface area contributed by atoms with Crippen LogP contribution in [0, 0.1) is 10.1 Å². The predicted molar refractivity (Wildman–Crippen MR) is 86.8 cm³/mol. The molecule has 126 valence electrons. The van der Waals surface area contributed by atoms with Gasteiger partial charge >= 0.3 is 0 Å². The van der Waals surface area contributed by atoms with Crippen LogP contribution in [0.2, 0.25) is 0 Å². The molecule has 0 atom stereocenters. The minimum absolute atomic E-state index is 0. The molecule has 1 N–H and O–H groups in total. The summed E-state index contributed by atoms with van der Waals surface area (Å²) in [4.78, 5) is 37.5. The van der Waals surface area contributed by atoms with Crippen LogP contribution in [0.25, 0.3) is 0 Å². The molecule has 1 saturated heterocycles. The summed E-state index contributed by atoms with van der Waals surface area (Å²) in [5.74, 6) is -0.152. The third-order valence-electron chi connectivity index (χ3n) is 3.57. The summed E-state index contributed by atoms with van der Waals surface area (Å²) < 4.78 is 0. The van der Waals surface area contributed by atoms with Crippen molar-refractivity contribution in [2.45, 2.75) is 0 Å². The number of nitro groups is 1. The molecule has 0 radical (unpaired) electrons. The van der Waals surface area contributed by atoms with E-state index >= 15 is 0 Å². The van der Waals surface area contributed by atoms with Crippen LogP contribution in [0.3, 0.4) is 0 Å². The van der Waals surface area contributed by atoms with Crippen molar-refractivity contribution in [3.63, 3.8) is 0 Å². The number of hydrogen-bond donors (Lipinski definition) is 1. The molecule has 0 bridgehead atoms. The van der Waals surface area contributed by atoms with Gasteiger partial charge in [-0.05, 0) is 19.2 Å². The molecule has 2 rings (SSSR count). The van der Waals surface area contributed by atoms with E-state index in [4.69, 9.17) is 0 Å². The Hall–Kier alpha value is -2.19. The highest BCUT2D eigenvalue weighted by Gasteiger charge is 2.24. The summed E-state index contributed by atoms with van der Waals surface area (Å²) in [5, 5.41) is 13.4. The van der Waals surface area contributed by atoms with Gasteiger partial charge in [0, 0.05) is 43.9 Å². The Bertz CT molecular complexity index is 571. The summed E-state index contributed by atoms with van der Waals surface area (Å²) in [6.45, 7) is 2.21. The lowest BCUT2D eigenvalue weighted by molar-refractivity contribution is -0.384. The van der Waals surface area contributed by atoms with Gasteiger partial charge in [0.05, 0.1) is 11.5 Å². The van der Waals surface area contributed by atoms with Crippen molar-refractivity contribution < 1.29 is 14.5 Å². The molecule has 0 saturated carbocycles. The van der Waals surface area contributed by atoms with E-state index in [-0.39, 0.29) is 36.5 Å². The number of halogens is 1. The van der Waals surface area contributed by atoms with E-state index < -0.39 is 4.92 Å². The Morgan fingerprint density at radius 2 is 1.65 bits per heavy atom. The highest BCUT2D eigenvalue weighted by molar-refractivity contribution is 5.94. The molecular weight excluding hydrogens is 324 g/mol. The zero-order valence-electron chi connectivity index (χ0n) is 12.7. The average Bonchev–Trinajstić information content (AvgIpc) is 2.54. The molecule has 1 heterocycles. The van der Waals surface area contributed by atoms with Gasteiger partial charge in [0.1, 0.15) is 0 Å². The first-order valence-corrected chi connectivity index (χ1v) is 6.99. The first-order valence-electron chi connectivity index (χ1n) is 6.99. The van der Waals surface area contributed by atoms with Gasteiger partial charge in [-0.2, -0.15) is 0 Å². The lowest BCUT2D eigenvalue weighted by Gasteiger charge is -2.34. The number of nitrogens with zero attached hydrogens (tertiary/aromatic N) is 3. The van der Waals surface area contributed by atoms with E-state index in [1.165, 1.54) is 24.3 Å². The van der Waals surface area contributed by atoms with Gasteiger partial charge in [-0.15, -0.1) is 12.4 Å². The van der Waals surface area contributed by atoms with Gasteiger partial charge in [0.25, 0.3) is 11.6 Å². The monoisotopic (exact) mass is 342 g/mol. The molecule has 1 fully saturated rings. The van der Waals surface area contributed by atoms with Crippen LogP contribution in [-0.4, -0.2) is 66.3 Å². The normalized spacial score (nSPS) is 14.1. The summed E-state index contributed by atoms with van der Waals surface area (Å²) in [5.41, 5.74) is 0.375. The molecule has 0 aromatic heterocycles. The van der Waals surface area contributed by atoms with Gasteiger partial charge in [-0.25, -0.2) is 0 Å². The molecule has 23 heavy (non-hydrogen) atoms. The van der Waals surface area contributed by atoms with Crippen LogP contribution in [0.4, 0.5) is 5.69 Å². The Balaban J connectivity index is 0.00000264. The van der Waals surface area contributed by atoms with Gasteiger partial charge < -0.3 is 15.1 Å². The maximum Gasteiger partial charge on any atom is 0.269 e. The smallest absolute Gasteiger partial charge is 0.269 e. The Morgan fingerprint density at radius 1 is 1.13 bits per heavy atom. The minimum Gasteiger partial charge on any atom is -0.338 e. The number of carbonyl (C=O) groups is 2. The van der Waals surface area contributed by atoms with Gasteiger partial charge in [-0.3, -0.25) is 19.7 Å². The van der Waals surface area contributed by atoms with Gasteiger partial charge in [-0.1, -0.05) is 0 Å². The molecule has 1 aromatic rings.